The van der Waals surface area contributed by atoms with Crippen LogP contribution in [0.4, 0.5) is 0 Å². The molecule has 2 rings (SSSR count). The summed E-state index contributed by atoms with van der Waals surface area (Å²) in [6, 6.07) is 4.88. The van der Waals surface area contributed by atoms with E-state index in [0.717, 1.165) is 13.1 Å². The van der Waals surface area contributed by atoms with Gasteiger partial charge in [-0.3, -0.25) is 4.99 Å². The number of hydrogen-bond donors (Lipinski definition) is 1. The molecule has 0 fully saturated rings. The zero-order chi connectivity index (χ0) is 14.2. The summed E-state index contributed by atoms with van der Waals surface area (Å²) in [5.41, 5.74) is 11.5. The van der Waals surface area contributed by atoms with E-state index in [4.69, 9.17) is 5.73 Å². The zero-order valence-electron chi connectivity index (χ0n) is 12.7. The first-order valence-electron chi connectivity index (χ1n) is 7.04. The van der Waals surface area contributed by atoms with Crippen molar-refractivity contribution < 1.29 is 0 Å². The molecular weight excluding hydrogens is 234 g/mol. The average molecular weight is 259 g/mol. The van der Waals surface area contributed by atoms with Gasteiger partial charge in [-0.1, -0.05) is 26.0 Å². The molecule has 1 aromatic rings. The first kappa shape index (κ1) is 13.9. The van der Waals surface area contributed by atoms with E-state index < -0.39 is 0 Å². The van der Waals surface area contributed by atoms with Crippen molar-refractivity contribution in [2.75, 3.05) is 13.1 Å². The molecule has 0 radical (unpaired) electrons. The zero-order valence-corrected chi connectivity index (χ0v) is 12.7. The Hall–Kier alpha value is -1.51. The Morgan fingerprint density at radius 2 is 1.84 bits per heavy atom. The summed E-state index contributed by atoms with van der Waals surface area (Å²) in [7, 11) is 0. The predicted octanol–water partition coefficient (Wildman–Crippen LogP) is 2.94. The molecule has 0 saturated heterocycles. The van der Waals surface area contributed by atoms with Crippen molar-refractivity contribution in [3.8, 4) is 0 Å². The van der Waals surface area contributed by atoms with Gasteiger partial charge >= 0.3 is 0 Å². The van der Waals surface area contributed by atoms with E-state index >= 15 is 0 Å². The molecule has 3 nitrogen and oxygen atoms in total. The third-order valence-corrected chi connectivity index (χ3v) is 3.90. The van der Waals surface area contributed by atoms with Gasteiger partial charge < -0.3 is 10.6 Å². The van der Waals surface area contributed by atoms with Crippen molar-refractivity contribution >= 4 is 5.96 Å². The lowest BCUT2D eigenvalue weighted by molar-refractivity contribution is 0.308. The van der Waals surface area contributed by atoms with Crippen LogP contribution in [0.5, 0.6) is 0 Å². The summed E-state index contributed by atoms with van der Waals surface area (Å²) >= 11 is 0. The smallest absolute Gasteiger partial charge is 0.191 e. The second-order valence-corrected chi connectivity index (χ2v) is 6.05. The third-order valence-electron chi connectivity index (χ3n) is 3.90. The maximum Gasteiger partial charge on any atom is 0.191 e. The minimum absolute atomic E-state index is 0.307. The number of aryl methyl sites for hydroxylation is 3. The largest absolute Gasteiger partial charge is 0.370 e. The highest BCUT2D eigenvalue weighted by Gasteiger charge is 2.29. The standard InChI is InChI=1S/C16H25N3/c1-10(2)9-19-15(8-18-16(19)17)14-7-12(4)11(3)6-13(14)5/h6-7,10,15H,8-9H2,1-5H3,(H2,17,18). The monoisotopic (exact) mass is 259 g/mol. The lowest BCUT2D eigenvalue weighted by Crippen LogP contribution is -2.38. The van der Waals surface area contributed by atoms with Crippen molar-refractivity contribution in [3.63, 3.8) is 0 Å². The molecule has 0 saturated carbocycles. The number of hydrogen-bond acceptors (Lipinski definition) is 3. The predicted molar refractivity (Wildman–Crippen MR) is 81.4 cm³/mol. The highest BCUT2D eigenvalue weighted by atomic mass is 15.3. The fourth-order valence-electron chi connectivity index (χ4n) is 2.75. The van der Waals surface area contributed by atoms with Crippen LogP contribution in [-0.2, 0) is 0 Å². The topological polar surface area (TPSA) is 41.6 Å². The van der Waals surface area contributed by atoms with Gasteiger partial charge in [0.25, 0.3) is 0 Å². The van der Waals surface area contributed by atoms with Crippen LogP contribution in [0.1, 0.15) is 42.1 Å². The third kappa shape index (κ3) is 2.75. The molecule has 0 aliphatic carbocycles. The Bertz CT molecular complexity index is 503. The van der Waals surface area contributed by atoms with E-state index in [-0.39, 0.29) is 0 Å². The number of nitrogens with zero attached hydrogens (tertiary/aromatic N) is 2. The molecule has 0 aromatic heterocycles. The molecule has 1 aliphatic rings. The summed E-state index contributed by atoms with van der Waals surface area (Å²) in [4.78, 5) is 6.69. The average Bonchev–Trinajstić information content (AvgIpc) is 2.65. The summed E-state index contributed by atoms with van der Waals surface area (Å²) in [6.45, 7) is 12.7. The number of benzene rings is 1. The van der Waals surface area contributed by atoms with E-state index in [2.05, 4.69) is 56.6 Å². The molecule has 1 aliphatic heterocycles. The highest BCUT2D eigenvalue weighted by molar-refractivity contribution is 5.80. The van der Waals surface area contributed by atoms with Crippen LogP contribution in [0.15, 0.2) is 17.1 Å². The van der Waals surface area contributed by atoms with Crippen molar-refractivity contribution in [1.29, 1.82) is 0 Å². The van der Waals surface area contributed by atoms with Crippen LogP contribution in [0.3, 0.4) is 0 Å². The van der Waals surface area contributed by atoms with E-state index in [0.29, 0.717) is 17.9 Å². The van der Waals surface area contributed by atoms with Gasteiger partial charge in [-0.05, 0) is 48.9 Å². The molecule has 0 amide bonds. The lowest BCUT2D eigenvalue weighted by Gasteiger charge is -2.29. The first-order chi connectivity index (χ1) is 8.90. The van der Waals surface area contributed by atoms with Gasteiger partial charge in [0.2, 0.25) is 0 Å². The van der Waals surface area contributed by atoms with Crippen LogP contribution in [-0.4, -0.2) is 23.9 Å². The van der Waals surface area contributed by atoms with Gasteiger partial charge in [-0.25, -0.2) is 0 Å². The number of nitrogens with two attached hydrogens (primary N) is 1. The van der Waals surface area contributed by atoms with Gasteiger partial charge in [0.1, 0.15) is 0 Å². The van der Waals surface area contributed by atoms with Gasteiger partial charge in [-0.15, -0.1) is 0 Å². The summed E-state index contributed by atoms with van der Waals surface area (Å²) < 4.78 is 0. The molecule has 1 aromatic carbocycles. The molecular formula is C16H25N3. The second-order valence-electron chi connectivity index (χ2n) is 6.05. The first-order valence-corrected chi connectivity index (χ1v) is 7.04. The molecule has 1 atom stereocenters. The Morgan fingerprint density at radius 1 is 1.21 bits per heavy atom. The maximum absolute atomic E-state index is 6.05. The van der Waals surface area contributed by atoms with E-state index in [9.17, 15) is 0 Å². The highest BCUT2D eigenvalue weighted by Crippen LogP contribution is 2.30. The van der Waals surface area contributed by atoms with Crippen LogP contribution >= 0.6 is 0 Å². The molecule has 3 heteroatoms. The minimum atomic E-state index is 0.307. The quantitative estimate of drug-likeness (QED) is 0.906. The van der Waals surface area contributed by atoms with E-state index in [1.165, 1.54) is 22.3 Å². The van der Waals surface area contributed by atoms with Crippen molar-refractivity contribution in [2.45, 2.75) is 40.7 Å². The molecule has 1 heterocycles. The Labute approximate surface area is 116 Å². The molecule has 2 N–H and O–H groups in total. The van der Waals surface area contributed by atoms with Crippen molar-refractivity contribution in [2.24, 2.45) is 16.6 Å². The molecule has 19 heavy (non-hydrogen) atoms. The van der Waals surface area contributed by atoms with Crippen LogP contribution < -0.4 is 5.73 Å². The summed E-state index contributed by atoms with van der Waals surface area (Å²) in [6.07, 6.45) is 0. The Kier molecular flexibility index (Phi) is 3.83. The van der Waals surface area contributed by atoms with E-state index in [1.54, 1.807) is 0 Å². The van der Waals surface area contributed by atoms with Gasteiger partial charge in [0, 0.05) is 6.54 Å². The van der Waals surface area contributed by atoms with Gasteiger partial charge in [-0.2, -0.15) is 0 Å². The molecule has 1 unspecified atom stereocenters. The molecule has 104 valence electrons. The summed E-state index contributed by atoms with van der Waals surface area (Å²) in [5.74, 6) is 1.28. The normalized spacial score (nSPS) is 19.2. The van der Waals surface area contributed by atoms with Crippen molar-refractivity contribution in [1.82, 2.24) is 4.90 Å². The fraction of sp³-hybridized carbons (Fsp3) is 0.562. The lowest BCUT2D eigenvalue weighted by atomic mass is 9.95. The van der Waals surface area contributed by atoms with Crippen molar-refractivity contribution in [3.05, 3.63) is 34.4 Å². The van der Waals surface area contributed by atoms with E-state index in [1.807, 2.05) is 0 Å². The van der Waals surface area contributed by atoms with Gasteiger partial charge in [0.05, 0.1) is 12.6 Å². The van der Waals surface area contributed by atoms with Gasteiger partial charge in [0.15, 0.2) is 5.96 Å². The Morgan fingerprint density at radius 3 is 2.47 bits per heavy atom. The molecule has 0 bridgehead atoms. The van der Waals surface area contributed by atoms with Crippen LogP contribution in [0, 0.1) is 26.7 Å². The number of guanidine groups is 1. The van der Waals surface area contributed by atoms with Crippen LogP contribution in [0.25, 0.3) is 0 Å². The minimum Gasteiger partial charge on any atom is -0.370 e. The SMILES string of the molecule is Cc1cc(C)c(C2CN=C(N)N2CC(C)C)cc1C. The summed E-state index contributed by atoms with van der Waals surface area (Å²) in [5, 5.41) is 0. The van der Waals surface area contributed by atoms with Crippen LogP contribution in [0.2, 0.25) is 0 Å². The molecule has 0 spiro atoms. The fourth-order valence-corrected chi connectivity index (χ4v) is 2.75. The second kappa shape index (κ2) is 5.24. The Balaban J connectivity index is 2.33. The maximum atomic E-state index is 6.05. The number of rotatable bonds is 3. The number of aliphatic imine (C=N–C) groups is 1.